The van der Waals surface area contributed by atoms with Crippen molar-refractivity contribution in [3.05, 3.63) is 56.2 Å². The van der Waals surface area contributed by atoms with Gasteiger partial charge < -0.3 is 5.32 Å². The van der Waals surface area contributed by atoms with Gasteiger partial charge in [0.25, 0.3) is 5.91 Å². The molecule has 5 heteroatoms. The summed E-state index contributed by atoms with van der Waals surface area (Å²) in [5, 5.41) is 4.05. The van der Waals surface area contributed by atoms with Gasteiger partial charge in [0.1, 0.15) is 0 Å². The van der Waals surface area contributed by atoms with E-state index in [1.54, 1.807) is 11.3 Å². The Hall–Kier alpha value is -1.36. The number of amides is 1. The molecule has 1 fully saturated rings. The molecule has 0 spiro atoms. The van der Waals surface area contributed by atoms with Crippen LogP contribution in [0.1, 0.15) is 51.4 Å². The van der Waals surface area contributed by atoms with E-state index in [2.05, 4.69) is 28.4 Å². The van der Waals surface area contributed by atoms with Crippen molar-refractivity contribution in [2.45, 2.75) is 51.1 Å². The van der Waals surface area contributed by atoms with E-state index in [4.69, 9.17) is 11.6 Å². The number of hydrogen-bond donors (Lipinski definition) is 1. The van der Waals surface area contributed by atoms with Crippen LogP contribution in [0, 0.1) is 0 Å². The Bertz CT molecular complexity index is 739. The number of nitrogens with one attached hydrogen (secondary N) is 1. The first-order valence-corrected chi connectivity index (χ1v) is 10.8. The molecule has 0 saturated carbocycles. The molecule has 0 radical (unpaired) electrons. The normalized spacial score (nSPS) is 18.5. The van der Waals surface area contributed by atoms with Crippen LogP contribution in [-0.4, -0.2) is 29.9 Å². The van der Waals surface area contributed by atoms with E-state index in [1.165, 1.54) is 28.8 Å². The van der Waals surface area contributed by atoms with E-state index in [-0.39, 0.29) is 5.91 Å². The highest BCUT2D eigenvalue weighted by molar-refractivity contribution is 7.14. The first kappa shape index (κ1) is 18.0. The Morgan fingerprint density at radius 2 is 1.88 bits per heavy atom. The summed E-state index contributed by atoms with van der Waals surface area (Å²) in [4.78, 5) is 17.4. The van der Waals surface area contributed by atoms with Crippen molar-refractivity contribution in [1.82, 2.24) is 10.2 Å². The Labute approximate surface area is 164 Å². The van der Waals surface area contributed by atoms with E-state index >= 15 is 0 Å². The molecule has 1 aliphatic carbocycles. The van der Waals surface area contributed by atoms with Crippen LogP contribution in [0.15, 0.2) is 30.3 Å². The maximum Gasteiger partial charge on any atom is 0.261 e. The summed E-state index contributed by atoms with van der Waals surface area (Å²) in [6, 6.07) is 10.5. The standard InChI is InChI=1S/C21H25ClN2OS/c22-17-7-5-15(6-8-17)14-24-11-9-18(10-12-24)23-21(25)20-13-16-3-1-2-4-19(16)26-20/h5-8,13,18H,1-4,9-12,14H2,(H,23,25). The summed E-state index contributed by atoms with van der Waals surface area (Å²) in [6.07, 6.45) is 6.85. The molecule has 1 saturated heterocycles. The molecule has 0 bridgehead atoms. The van der Waals surface area contributed by atoms with Crippen molar-refractivity contribution in [2.75, 3.05) is 13.1 Å². The number of rotatable bonds is 4. The number of hydrogen-bond acceptors (Lipinski definition) is 3. The number of aryl methyl sites for hydroxylation is 2. The van der Waals surface area contributed by atoms with Gasteiger partial charge in [-0.3, -0.25) is 9.69 Å². The molecule has 138 valence electrons. The minimum absolute atomic E-state index is 0.126. The van der Waals surface area contributed by atoms with Gasteiger partial charge in [-0.2, -0.15) is 0 Å². The molecule has 1 aliphatic heterocycles. The van der Waals surface area contributed by atoms with Crippen LogP contribution >= 0.6 is 22.9 Å². The fraction of sp³-hybridized carbons (Fsp3) is 0.476. The Morgan fingerprint density at radius 1 is 1.15 bits per heavy atom. The van der Waals surface area contributed by atoms with E-state index in [0.29, 0.717) is 6.04 Å². The fourth-order valence-corrected chi connectivity index (χ4v) is 5.23. The average molecular weight is 389 g/mol. The molecule has 2 heterocycles. The largest absolute Gasteiger partial charge is 0.349 e. The van der Waals surface area contributed by atoms with Gasteiger partial charge in [-0.25, -0.2) is 0 Å². The van der Waals surface area contributed by atoms with Crippen molar-refractivity contribution in [3.63, 3.8) is 0 Å². The van der Waals surface area contributed by atoms with E-state index < -0.39 is 0 Å². The van der Waals surface area contributed by atoms with E-state index in [0.717, 1.165) is 55.2 Å². The lowest BCUT2D eigenvalue weighted by atomic mass is 9.99. The molecule has 0 unspecified atom stereocenters. The topological polar surface area (TPSA) is 32.3 Å². The maximum atomic E-state index is 12.6. The first-order chi connectivity index (χ1) is 12.7. The third kappa shape index (κ3) is 4.30. The van der Waals surface area contributed by atoms with Gasteiger partial charge in [0.05, 0.1) is 4.88 Å². The van der Waals surface area contributed by atoms with E-state index in [1.807, 2.05) is 12.1 Å². The molecule has 0 atom stereocenters. The number of likely N-dealkylation sites (tertiary alicyclic amines) is 1. The van der Waals surface area contributed by atoms with Crippen LogP contribution in [0.2, 0.25) is 5.02 Å². The van der Waals surface area contributed by atoms with Crippen LogP contribution in [0.5, 0.6) is 0 Å². The van der Waals surface area contributed by atoms with Crippen molar-refractivity contribution in [3.8, 4) is 0 Å². The lowest BCUT2D eigenvalue weighted by Crippen LogP contribution is -2.44. The van der Waals surface area contributed by atoms with Gasteiger partial charge >= 0.3 is 0 Å². The Balaban J connectivity index is 1.27. The molecule has 1 aromatic heterocycles. The lowest BCUT2D eigenvalue weighted by molar-refractivity contribution is 0.0913. The van der Waals surface area contributed by atoms with Gasteiger partial charge in [0.15, 0.2) is 0 Å². The highest BCUT2D eigenvalue weighted by Crippen LogP contribution is 2.29. The van der Waals surface area contributed by atoms with Gasteiger partial charge in [0.2, 0.25) is 0 Å². The minimum atomic E-state index is 0.126. The summed E-state index contributed by atoms with van der Waals surface area (Å²) >= 11 is 7.65. The summed E-state index contributed by atoms with van der Waals surface area (Å²) < 4.78 is 0. The van der Waals surface area contributed by atoms with Gasteiger partial charge in [0, 0.05) is 35.6 Å². The molecular weight excluding hydrogens is 364 g/mol. The quantitative estimate of drug-likeness (QED) is 0.825. The highest BCUT2D eigenvalue weighted by atomic mass is 35.5. The van der Waals surface area contributed by atoms with Gasteiger partial charge in [-0.15, -0.1) is 11.3 Å². The zero-order valence-electron chi connectivity index (χ0n) is 15.0. The molecule has 2 aliphatic rings. The fourth-order valence-electron chi connectivity index (χ4n) is 3.94. The molecule has 2 aromatic rings. The smallest absolute Gasteiger partial charge is 0.261 e. The Kier molecular flexibility index (Phi) is 5.63. The number of fused-ring (bicyclic) bond motifs is 1. The predicted octanol–water partition coefficient (Wildman–Crippen LogP) is 4.67. The number of thiophene rings is 1. The minimum Gasteiger partial charge on any atom is -0.349 e. The molecule has 3 nitrogen and oxygen atoms in total. The number of carbonyl (C=O) groups excluding carboxylic acids is 1. The van der Waals surface area contributed by atoms with Crippen molar-refractivity contribution < 1.29 is 4.79 Å². The van der Waals surface area contributed by atoms with Crippen LogP contribution in [0.3, 0.4) is 0 Å². The van der Waals surface area contributed by atoms with Crippen LogP contribution in [-0.2, 0) is 19.4 Å². The molecule has 1 N–H and O–H groups in total. The molecule has 1 amide bonds. The van der Waals surface area contributed by atoms with Crippen molar-refractivity contribution in [2.24, 2.45) is 0 Å². The average Bonchev–Trinajstić information content (AvgIpc) is 3.10. The maximum absolute atomic E-state index is 12.6. The second-order valence-electron chi connectivity index (χ2n) is 7.42. The third-order valence-electron chi connectivity index (χ3n) is 5.46. The number of piperidine rings is 1. The molecule has 4 rings (SSSR count). The number of nitrogens with zero attached hydrogens (tertiary/aromatic N) is 1. The number of benzene rings is 1. The molecule has 1 aromatic carbocycles. The Morgan fingerprint density at radius 3 is 2.62 bits per heavy atom. The summed E-state index contributed by atoms with van der Waals surface area (Å²) in [7, 11) is 0. The zero-order chi connectivity index (χ0) is 17.9. The van der Waals surface area contributed by atoms with Crippen molar-refractivity contribution in [1.29, 1.82) is 0 Å². The summed E-state index contributed by atoms with van der Waals surface area (Å²) in [5.41, 5.74) is 2.70. The van der Waals surface area contributed by atoms with Crippen LogP contribution in [0.25, 0.3) is 0 Å². The SMILES string of the molecule is O=C(NC1CCN(Cc2ccc(Cl)cc2)CC1)c1cc2c(s1)CCCC2. The zero-order valence-corrected chi connectivity index (χ0v) is 16.5. The van der Waals surface area contributed by atoms with Crippen LogP contribution in [0.4, 0.5) is 0 Å². The second-order valence-corrected chi connectivity index (χ2v) is 8.99. The number of carbonyl (C=O) groups is 1. The molecular formula is C21H25ClN2OS. The molecule has 26 heavy (non-hydrogen) atoms. The summed E-state index contributed by atoms with van der Waals surface area (Å²) in [6.45, 7) is 3.00. The van der Waals surface area contributed by atoms with Crippen LogP contribution < -0.4 is 5.32 Å². The van der Waals surface area contributed by atoms with E-state index in [9.17, 15) is 4.79 Å². The highest BCUT2D eigenvalue weighted by Gasteiger charge is 2.23. The van der Waals surface area contributed by atoms with Gasteiger partial charge in [-0.1, -0.05) is 23.7 Å². The lowest BCUT2D eigenvalue weighted by Gasteiger charge is -2.32. The number of halogens is 1. The predicted molar refractivity (Wildman–Crippen MR) is 108 cm³/mol. The monoisotopic (exact) mass is 388 g/mol. The van der Waals surface area contributed by atoms with Crippen molar-refractivity contribution >= 4 is 28.8 Å². The first-order valence-electron chi connectivity index (χ1n) is 9.56. The second kappa shape index (κ2) is 8.12. The van der Waals surface area contributed by atoms with Gasteiger partial charge in [-0.05, 0) is 67.9 Å². The third-order valence-corrected chi connectivity index (χ3v) is 6.95. The summed E-state index contributed by atoms with van der Waals surface area (Å²) in [5.74, 6) is 0.126.